The molecule has 0 aromatic heterocycles. The Kier molecular flexibility index (Phi) is 4.79. The maximum Gasteiger partial charge on any atom is 0.161 e. The molecule has 1 fully saturated rings. The molecule has 2 N–H and O–H groups in total. The molecule has 6 heteroatoms. The molecule has 1 saturated heterocycles. The lowest BCUT2D eigenvalue weighted by molar-refractivity contribution is 0.126. The summed E-state index contributed by atoms with van der Waals surface area (Å²) >= 11 is 0. The molecule has 0 amide bonds. The van der Waals surface area contributed by atoms with E-state index in [1.807, 2.05) is 4.90 Å². The van der Waals surface area contributed by atoms with Crippen molar-refractivity contribution in [1.82, 2.24) is 10.2 Å². The second-order valence-electron chi connectivity index (χ2n) is 4.63. The minimum absolute atomic E-state index is 0.00306. The Morgan fingerprint density at radius 3 is 2.58 bits per heavy atom. The summed E-state index contributed by atoms with van der Waals surface area (Å²) in [5.74, 6) is -3.13. The van der Waals surface area contributed by atoms with E-state index in [1.54, 1.807) is 0 Å². The van der Waals surface area contributed by atoms with E-state index in [0.717, 1.165) is 25.6 Å². The smallest absolute Gasteiger partial charge is 0.161 e. The summed E-state index contributed by atoms with van der Waals surface area (Å²) in [5, 5.41) is 12.7. The Balaban J connectivity index is 2.27. The number of hydrogen-bond donors (Lipinski definition) is 2. The van der Waals surface area contributed by atoms with Gasteiger partial charge in [-0.2, -0.15) is 0 Å². The van der Waals surface area contributed by atoms with E-state index in [0.29, 0.717) is 19.2 Å². The summed E-state index contributed by atoms with van der Waals surface area (Å²) in [5.41, 5.74) is 0.00306. The van der Waals surface area contributed by atoms with Gasteiger partial charge in [0.2, 0.25) is 0 Å². The van der Waals surface area contributed by atoms with Crippen molar-refractivity contribution >= 4 is 0 Å². The minimum atomic E-state index is -1.21. The summed E-state index contributed by atoms with van der Waals surface area (Å²) < 4.78 is 39.9. The van der Waals surface area contributed by atoms with Crippen molar-refractivity contribution in [2.24, 2.45) is 0 Å². The van der Waals surface area contributed by atoms with Gasteiger partial charge < -0.3 is 10.4 Å². The predicted octanol–water partition coefficient (Wildman–Crippen LogP) is 1.43. The van der Waals surface area contributed by atoms with Crippen LogP contribution in [0, 0.1) is 17.5 Å². The van der Waals surface area contributed by atoms with E-state index >= 15 is 0 Å². The molecule has 0 aliphatic carbocycles. The molecule has 2 rings (SSSR count). The van der Waals surface area contributed by atoms with Crippen LogP contribution in [0.25, 0.3) is 0 Å². The van der Waals surface area contributed by atoms with Crippen LogP contribution in [0.1, 0.15) is 18.0 Å². The van der Waals surface area contributed by atoms with Crippen LogP contribution < -0.4 is 5.32 Å². The number of aliphatic hydroxyl groups excluding tert-OH is 1. The maximum atomic E-state index is 13.8. The van der Waals surface area contributed by atoms with Gasteiger partial charge in [-0.25, -0.2) is 13.2 Å². The summed E-state index contributed by atoms with van der Waals surface area (Å²) in [6, 6.07) is 0.725. The number of nitrogens with one attached hydrogen (secondary N) is 1. The highest BCUT2D eigenvalue weighted by Crippen LogP contribution is 2.25. The van der Waals surface area contributed by atoms with Crippen molar-refractivity contribution in [3.05, 3.63) is 35.1 Å². The Bertz CT molecular complexity index is 434. The molecule has 0 saturated carbocycles. The quantitative estimate of drug-likeness (QED) is 0.819. The van der Waals surface area contributed by atoms with Crippen molar-refractivity contribution < 1.29 is 18.3 Å². The monoisotopic (exact) mass is 274 g/mol. The van der Waals surface area contributed by atoms with Crippen LogP contribution in [-0.4, -0.2) is 42.8 Å². The summed E-state index contributed by atoms with van der Waals surface area (Å²) in [6.07, 6.45) is 0.863. The molecule has 0 bridgehead atoms. The van der Waals surface area contributed by atoms with Gasteiger partial charge in [0.1, 0.15) is 5.82 Å². The number of nitrogens with zero attached hydrogens (tertiary/aromatic N) is 1. The van der Waals surface area contributed by atoms with Crippen LogP contribution in [0.2, 0.25) is 0 Å². The van der Waals surface area contributed by atoms with Crippen molar-refractivity contribution in [3.63, 3.8) is 0 Å². The zero-order valence-electron chi connectivity index (χ0n) is 10.5. The van der Waals surface area contributed by atoms with Crippen molar-refractivity contribution in [3.8, 4) is 0 Å². The lowest BCUT2D eigenvalue weighted by Crippen LogP contribution is -2.34. The van der Waals surface area contributed by atoms with Gasteiger partial charge in [-0.05, 0) is 19.0 Å². The van der Waals surface area contributed by atoms with E-state index < -0.39 is 23.5 Å². The maximum absolute atomic E-state index is 13.8. The van der Waals surface area contributed by atoms with E-state index in [-0.39, 0.29) is 12.2 Å². The zero-order valence-corrected chi connectivity index (χ0v) is 10.5. The second-order valence-corrected chi connectivity index (χ2v) is 4.63. The molecule has 0 spiro atoms. The number of aliphatic hydroxyl groups is 1. The number of halogens is 3. The average Bonchev–Trinajstić information content (AvgIpc) is 2.65. The minimum Gasteiger partial charge on any atom is -0.394 e. The average molecular weight is 274 g/mol. The van der Waals surface area contributed by atoms with Crippen LogP contribution >= 0.6 is 0 Å². The first-order valence-electron chi connectivity index (χ1n) is 6.33. The molecular formula is C13H17F3N2O. The molecule has 1 aliphatic heterocycles. The fourth-order valence-corrected chi connectivity index (χ4v) is 2.38. The van der Waals surface area contributed by atoms with E-state index in [9.17, 15) is 18.3 Å². The standard InChI is InChI=1S/C13H17F3N2O/c14-10-7-12(16)11(15)6-9(10)13(8-19)18-4-1-2-17-3-5-18/h6-7,13,17,19H,1-5,8H2. The molecule has 1 aromatic carbocycles. The molecule has 19 heavy (non-hydrogen) atoms. The lowest BCUT2D eigenvalue weighted by atomic mass is 10.0. The van der Waals surface area contributed by atoms with Gasteiger partial charge in [-0.1, -0.05) is 0 Å². The highest BCUT2D eigenvalue weighted by atomic mass is 19.2. The van der Waals surface area contributed by atoms with Gasteiger partial charge in [0.25, 0.3) is 0 Å². The van der Waals surface area contributed by atoms with E-state index in [2.05, 4.69) is 5.32 Å². The topological polar surface area (TPSA) is 35.5 Å². The number of hydrogen-bond acceptors (Lipinski definition) is 3. The molecule has 0 radical (unpaired) electrons. The normalized spacial score (nSPS) is 19.2. The van der Waals surface area contributed by atoms with Gasteiger partial charge in [-0.3, -0.25) is 4.90 Å². The Labute approximate surface area is 110 Å². The van der Waals surface area contributed by atoms with Crippen LogP contribution in [0.5, 0.6) is 0 Å². The van der Waals surface area contributed by atoms with Gasteiger partial charge in [0.05, 0.1) is 12.6 Å². The van der Waals surface area contributed by atoms with Crippen LogP contribution in [0.3, 0.4) is 0 Å². The molecular weight excluding hydrogens is 257 g/mol. The lowest BCUT2D eigenvalue weighted by Gasteiger charge is -2.29. The molecule has 106 valence electrons. The van der Waals surface area contributed by atoms with Gasteiger partial charge in [0.15, 0.2) is 11.6 Å². The fraction of sp³-hybridized carbons (Fsp3) is 0.538. The van der Waals surface area contributed by atoms with E-state index in [4.69, 9.17) is 0 Å². The molecule has 1 aliphatic rings. The first-order valence-corrected chi connectivity index (χ1v) is 6.33. The molecule has 1 unspecified atom stereocenters. The van der Waals surface area contributed by atoms with E-state index in [1.165, 1.54) is 0 Å². The van der Waals surface area contributed by atoms with Gasteiger partial charge in [-0.15, -0.1) is 0 Å². The second kappa shape index (κ2) is 6.36. The molecule has 1 atom stereocenters. The SMILES string of the molecule is OCC(c1cc(F)c(F)cc1F)N1CCCNCC1. The molecule has 1 aromatic rings. The number of benzene rings is 1. The highest BCUT2D eigenvalue weighted by Gasteiger charge is 2.24. The van der Waals surface area contributed by atoms with Crippen LogP contribution in [-0.2, 0) is 0 Å². The predicted molar refractivity (Wildman–Crippen MR) is 65.2 cm³/mol. The van der Waals surface area contributed by atoms with Gasteiger partial charge in [0, 0.05) is 31.3 Å². The summed E-state index contributed by atoms with van der Waals surface area (Å²) in [4.78, 5) is 1.88. The van der Waals surface area contributed by atoms with Crippen molar-refractivity contribution in [1.29, 1.82) is 0 Å². The first-order chi connectivity index (χ1) is 9.13. The molecule has 3 nitrogen and oxygen atoms in total. The first kappa shape index (κ1) is 14.3. The third-order valence-corrected chi connectivity index (χ3v) is 3.39. The third kappa shape index (κ3) is 3.26. The Hall–Kier alpha value is -1.11. The third-order valence-electron chi connectivity index (χ3n) is 3.39. The fourth-order valence-electron chi connectivity index (χ4n) is 2.38. The van der Waals surface area contributed by atoms with Crippen molar-refractivity contribution in [2.75, 3.05) is 32.8 Å². The summed E-state index contributed by atoms with van der Waals surface area (Å²) in [6.45, 7) is 2.55. The van der Waals surface area contributed by atoms with Crippen molar-refractivity contribution in [2.45, 2.75) is 12.5 Å². The zero-order chi connectivity index (χ0) is 13.8. The Morgan fingerprint density at radius 2 is 1.84 bits per heavy atom. The van der Waals surface area contributed by atoms with Crippen LogP contribution in [0.4, 0.5) is 13.2 Å². The highest BCUT2D eigenvalue weighted by molar-refractivity contribution is 5.23. The Morgan fingerprint density at radius 1 is 1.11 bits per heavy atom. The van der Waals surface area contributed by atoms with Gasteiger partial charge >= 0.3 is 0 Å². The summed E-state index contributed by atoms with van der Waals surface area (Å²) in [7, 11) is 0. The molecule has 1 heterocycles. The largest absolute Gasteiger partial charge is 0.394 e. The number of rotatable bonds is 3. The van der Waals surface area contributed by atoms with Crippen LogP contribution in [0.15, 0.2) is 12.1 Å².